The van der Waals surface area contributed by atoms with E-state index in [1.807, 2.05) is 30.3 Å². The minimum Gasteiger partial charge on any atom is -0.383 e. The number of nitrogens with one attached hydrogen (secondary N) is 1. The van der Waals surface area contributed by atoms with Gasteiger partial charge in [0.05, 0.1) is 16.4 Å². The number of amides is 1. The SMILES string of the molecule is CC[C@@H](CNC(=O)[C@H](C)Sc1nc(N)c(C#N)cc1C#N)c1ccccc1. The van der Waals surface area contributed by atoms with Gasteiger partial charge >= 0.3 is 0 Å². The Morgan fingerprint density at radius 3 is 2.52 bits per heavy atom. The number of anilines is 1. The van der Waals surface area contributed by atoms with Crippen molar-refractivity contribution in [2.75, 3.05) is 12.3 Å². The van der Waals surface area contributed by atoms with Crippen molar-refractivity contribution in [3.05, 3.63) is 53.1 Å². The van der Waals surface area contributed by atoms with Crippen LogP contribution in [-0.4, -0.2) is 22.7 Å². The maximum atomic E-state index is 12.5. The molecule has 0 radical (unpaired) electrons. The van der Waals surface area contributed by atoms with Crippen molar-refractivity contribution >= 4 is 23.5 Å². The maximum Gasteiger partial charge on any atom is 0.233 e. The molecule has 0 spiro atoms. The Kier molecular flexibility index (Phi) is 7.22. The van der Waals surface area contributed by atoms with E-state index in [-0.39, 0.29) is 28.8 Å². The molecule has 1 aromatic carbocycles. The molecule has 2 rings (SSSR count). The zero-order valence-electron chi connectivity index (χ0n) is 15.3. The second-order valence-corrected chi connectivity index (χ2v) is 7.35. The number of rotatable bonds is 7. The molecule has 1 amide bonds. The van der Waals surface area contributed by atoms with Gasteiger partial charge in [0, 0.05) is 12.5 Å². The van der Waals surface area contributed by atoms with Crippen molar-refractivity contribution in [1.29, 1.82) is 10.5 Å². The zero-order valence-corrected chi connectivity index (χ0v) is 16.1. The van der Waals surface area contributed by atoms with E-state index in [9.17, 15) is 10.1 Å². The normalized spacial score (nSPS) is 12.4. The second-order valence-electron chi connectivity index (χ2n) is 6.02. The molecule has 1 aromatic heterocycles. The third-order valence-electron chi connectivity index (χ3n) is 4.20. The van der Waals surface area contributed by atoms with E-state index in [0.29, 0.717) is 11.6 Å². The first-order valence-electron chi connectivity index (χ1n) is 8.60. The summed E-state index contributed by atoms with van der Waals surface area (Å²) in [7, 11) is 0. The summed E-state index contributed by atoms with van der Waals surface area (Å²) in [5.41, 5.74) is 7.31. The molecule has 2 aromatic rings. The van der Waals surface area contributed by atoms with Gasteiger partial charge in [0.1, 0.15) is 23.0 Å². The van der Waals surface area contributed by atoms with E-state index >= 15 is 0 Å². The molecule has 2 atom stereocenters. The number of thioether (sulfide) groups is 1. The summed E-state index contributed by atoms with van der Waals surface area (Å²) in [6, 6.07) is 15.4. The number of nitriles is 2. The summed E-state index contributed by atoms with van der Waals surface area (Å²) < 4.78 is 0. The van der Waals surface area contributed by atoms with Crippen LogP contribution in [0.5, 0.6) is 0 Å². The van der Waals surface area contributed by atoms with Gasteiger partial charge in [0.15, 0.2) is 0 Å². The van der Waals surface area contributed by atoms with Crippen LogP contribution >= 0.6 is 11.8 Å². The summed E-state index contributed by atoms with van der Waals surface area (Å²) in [6.45, 7) is 4.38. The van der Waals surface area contributed by atoms with Gasteiger partial charge in [-0.1, -0.05) is 49.0 Å². The van der Waals surface area contributed by atoms with Crippen LogP contribution in [0, 0.1) is 22.7 Å². The minimum atomic E-state index is -0.454. The fourth-order valence-corrected chi connectivity index (χ4v) is 3.49. The molecule has 0 aliphatic heterocycles. The standard InChI is InChI=1S/C20H21N5OS/c1-3-14(15-7-5-4-6-8-15)12-24-19(26)13(2)27-20-17(11-22)9-16(10-21)18(23)25-20/h4-9,13-14H,3,12H2,1-2H3,(H2,23,25)(H,24,26)/t13-,14-/m0/s1. The predicted octanol–water partition coefficient (Wildman–Crippen LogP) is 3.20. The summed E-state index contributed by atoms with van der Waals surface area (Å²) in [5, 5.41) is 21.1. The van der Waals surface area contributed by atoms with Gasteiger partial charge in [-0.05, 0) is 25.0 Å². The number of hydrogen-bond acceptors (Lipinski definition) is 6. The van der Waals surface area contributed by atoms with E-state index in [2.05, 4.69) is 29.4 Å². The number of pyridine rings is 1. The lowest BCUT2D eigenvalue weighted by molar-refractivity contribution is -0.120. The highest BCUT2D eigenvalue weighted by Gasteiger charge is 2.20. The molecule has 3 N–H and O–H groups in total. The number of benzene rings is 1. The molecule has 0 saturated heterocycles. The van der Waals surface area contributed by atoms with Gasteiger partial charge in [-0.15, -0.1) is 0 Å². The van der Waals surface area contributed by atoms with Gasteiger partial charge in [0.2, 0.25) is 5.91 Å². The number of carbonyl (C=O) groups is 1. The van der Waals surface area contributed by atoms with Crippen LogP contribution < -0.4 is 11.1 Å². The van der Waals surface area contributed by atoms with Crippen LogP contribution in [0.2, 0.25) is 0 Å². The number of aromatic nitrogens is 1. The molecule has 0 fully saturated rings. The van der Waals surface area contributed by atoms with Gasteiger partial charge in [-0.25, -0.2) is 4.98 Å². The highest BCUT2D eigenvalue weighted by molar-refractivity contribution is 8.00. The summed E-state index contributed by atoms with van der Waals surface area (Å²) in [4.78, 5) is 16.6. The predicted molar refractivity (Wildman–Crippen MR) is 106 cm³/mol. The smallest absolute Gasteiger partial charge is 0.233 e. The average Bonchev–Trinajstić information content (AvgIpc) is 2.69. The van der Waals surface area contributed by atoms with Crippen LogP contribution in [0.3, 0.4) is 0 Å². The highest BCUT2D eigenvalue weighted by Crippen LogP contribution is 2.27. The lowest BCUT2D eigenvalue weighted by atomic mass is 9.96. The molecule has 7 heteroatoms. The van der Waals surface area contributed by atoms with Crippen LogP contribution in [0.4, 0.5) is 5.82 Å². The van der Waals surface area contributed by atoms with Gasteiger partial charge in [-0.2, -0.15) is 10.5 Å². The number of hydrogen-bond donors (Lipinski definition) is 2. The Hall–Kier alpha value is -3.03. The minimum absolute atomic E-state index is 0.0572. The van der Waals surface area contributed by atoms with Crippen LogP contribution in [0.25, 0.3) is 0 Å². The Morgan fingerprint density at radius 1 is 1.26 bits per heavy atom. The van der Waals surface area contributed by atoms with Gasteiger partial charge in [-0.3, -0.25) is 4.79 Å². The van der Waals surface area contributed by atoms with E-state index in [1.165, 1.54) is 11.6 Å². The third kappa shape index (κ3) is 5.22. The molecule has 0 aliphatic carbocycles. The molecule has 0 saturated carbocycles. The number of nitrogens with two attached hydrogens (primary N) is 1. The fourth-order valence-electron chi connectivity index (χ4n) is 2.58. The van der Waals surface area contributed by atoms with E-state index in [1.54, 1.807) is 6.92 Å². The molecular weight excluding hydrogens is 358 g/mol. The molecule has 0 bridgehead atoms. The Labute approximate surface area is 163 Å². The Balaban J connectivity index is 2.03. The van der Waals surface area contributed by atoms with Crippen LogP contribution in [-0.2, 0) is 4.79 Å². The first-order chi connectivity index (χ1) is 13.0. The van der Waals surface area contributed by atoms with Crippen molar-refractivity contribution in [2.45, 2.75) is 36.5 Å². The first kappa shape index (κ1) is 20.3. The molecule has 0 unspecified atom stereocenters. The zero-order chi connectivity index (χ0) is 19.8. The summed E-state index contributed by atoms with van der Waals surface area (Å²) in [6.07, 6.45) is 0.915. The van der Waals surface area contributed by atoms with Gasteiger partial charge < -0.3 is 11.1 Å². The molecular formula is C20H21N5OS. The van der Waals surface area contributed by atoms with Crippen molar-refractivity contribution in [1.82, 2.24) is 10.3 Å². The van der Waals surface area contributed by atoms with E-state index in [4.69, 9.17) is 11.0 Å². The van der Waals surface area contributed by atoms with Crippen molar-refractivity contribution < 1.29 is 4.79 Å². The third-order valence-corrected chi connectivity index (χ3v) is 5.30. The number of nitrogens with zero attached hydrogens (tertiary/aromatic N) is 3. The number of carbonyl (C=O) groups excluding carboxylic acids is 1. The lowest BCUT2D eigenvalue weighted by Crippen LogP contribution is -2.34. The molecule has 0 aliphatic rings. The average molecular weight is 379 g/mol. The summed E-state index contributed by atoms with van der Waals surface area (Å²) in [5.74, 6) is 0.162. The van der Waals surface area contributed by atoms with Crippen LogP contribution in [0.15, 0.2) is 41.4 Å². The second kappa shape index (κ2) is 9.61. The van der Waals surface area contributed by atoms with Crippen LogP contribution in [0.1, 0.15) is 42.9 Å². The largest absolute Gasteiger partial charge is 0.383 e. The first-order valence-corrected chi connectivity index (χ1v) is 9.48. The molecule has 138 valence electrons. The molecule has 1 heterocycles. The summed E-state index contributed by atoms with van der Waals surface area (Å²) >= 11 is 1.16. The van der Waals surface area contributed by atoms with Crippen molar-refractivity contribution in [3.8, 4) is 12.1 Å². The monoisotopic (exact) mass is 379 g/mol. The highest BCUT2D eigenvalue weighted by atomic mass is 32.2. The maximum absolute atomic E-state index is 12.5. The lowest BCUT2D eigenvalue weighted by Gasteiger charge is -2.18. The molecule has 27 heavy (non-hydrogen) atoms. The van der Waals surface area contributed by atoms with Crippen molar-refractivity contribution in [3.63, 3.8) is 0 Å². The van der Waals surface area contributed by atoms with E-state index < -0.39 is 5.25 Å². The van der Waals surface area contributed by atoms with E-state index in [0.717, 1.165) is 18.2 Å². The van der Waals surface area contributed by atoms with Crippen molar-refractivity contribution in [2.24, 2.45) is 0 Å². The Morgan fingerprint density at radius 2 is 1.93 bits per heavy atom. The fraction of sp³-hybridized carbons (Fsp3) is 0.300. The number of nitrogen functional groups attached to an aromatic ring is 1. The topological polar surface area (TPSA) is 116 Å². The quantitative estimate of drug-likeness (QED) is 0.714. The molecule has 6 nitrogen and oxygen atoms in total. The van der Waals surface area contributed by atoms with Gasteiger partial charge in [0.25, 0.3) is 0 Å². The Bertz CT molecular complexity index is 886.